The van der Waals surface area contributed by atoms with Crippen LogP contribution >= 0.6 is 0 Å². The van der Waals surface area contributed by atoms with Crippen LogP contribution in [0.15, 0.2) is 60.2 Å². The number of aryl methyl sites for hydroxylation is 1. The van der Waals surface area contributed by atoms with E-state index < -0.39 is 12.1 Å². The van der Waals surface area contributed by atoms with Gasteiger partial charge in [0.2, 0.25) is 5.91 Å². The number of amides is 1. The third kappa shape index (κ3) is 7.67. The van der Waals surface area contributed by atoms with E-state index in [0.717, 1.165) is 35.5 Å². The summed E-state index contributed by atoms with van der Waals surface area (Å²) in [5.41, 5.74) is 2.44. The number of rotatable bonds is 11. The van der Waals surface area contributed by atoms with E-state index in [1.807, 2.05) is 69.3 Å². The minimum atomic E-state index is -0.964. The van der Waals surface area contributed by atoms with Gasteiger partial charge in [-0.2, -0.15) is 0 Å². The normalized spacial score (nSPS) is 19.8. The smallest absolute Gasteiger partial charge is 0.331 e. The Hall–Kier alpha value is -3.16. The molecule has 1 amide bonds. The summed E-state index contributed by atoms with van der Waals surface area (Å²) in [5, 5.41) is 16.1. The van der Waals surface area contributed by atoms with Crippen molar-refractivity contribution < 1.29 is 24.2 Å². The number of nitrogens with one attached hydrogen (secondary N) is 2. The summed E-state index contributed by atoms with van der Waals surface area (Å²) < 4.78 is 12.2. The maximum atomic E-state index is 12.0. The Morgan fingerprint density at radius 3 is 2.40 bits per heavy atom. The lowest BCUT2D eigenvalue weighted by Gasteiger charge is -2.38. The molecule has 0 spiro atoms. The molecule has 1 aliphatic rings. The molecule has 2 aromatic rings. The average molecular weight is 481 g/mol. The first kappa shape index (κ1) is 26.4. The van der Waals surface area contributed by atoms with Crippen molar-refractivity contribution in [3.05, 3.63) is 71.3 Å². The number of carbonyl (C=O) groups excluding carboxylic acids is 1. The van der Waals surface area contributed by atoms with Gasteiger partial charge in [0.25, 0.3) is 0 Å². The number of carboxylic acid groups (broad SMARTS) is 1. The van der Waals surface area contributed by atoms with Gasteiger partial charge in [-0.1, -0.05) is 38.1 Å². The van der Waals surface area contributed by atoms with E-state index in [4.69, 9.17) is 9.47 Å². The minimum Gasteiger partial charge on any atom is -0.478 e. The zero-order chi connectivity index (χ0) is 25.4. The van der Waals surface area contributed by atoms with Crippen molar-refractivity contribution in [2.24, 2.45) is 0 Å². The third-order valence-electron chi connectivity index (χ3n) is 6.21. The Balaban J connectivity index is 1.71. The summed E-state index contributed by atoms with van der Waals surface area (Å²) in [7, 11) is 0. The van der Waals surface area contributed by atoms with Crippen molar-refractivity contribution >= 4 is 11.9 Å². The van der Waals surface area contributed by atoms with Crippen LogP contribution in [0, 0.1) is 6.92 Å². The van der Waals surface area contributed by atoms with E-state index >= 15 is 0 Å². The lowest BCUT2D eigenvalue weighted by Crippen LogP contribution is -2.58. The third-order valence-corrected chi connectivity index (χ3v) is 6.21. The fourth-order valence-electron chi connectivity index (χ4n) is 4.30. The van der Waals surface area contributed by atoms with E-state index in [1.165, 1.54) is 6.92 Å². The van der Waals surface area contributed by atoms with Gasteiger partial charge in [-0.15, -0.1) is 0 Å². The molecule has 0 saturated heterocycles. The number of carbonyl (C=O) groups is 2. The van der Waals surface area contributed by atoms with Crippen LogP contribution in [0.5, 0.6) is 11.5 Å². The highest BCUT2D eigenvalue weighted by Gasteiger charge is 2.37. The molecule has 0 unspecified atom stereocenters. The van der Waals surface area contributed by atoms with Crippen LogP contribution in [-0.2, 0) is 20.9 Å². The standard InChI is InChI=1S/C28H36N2O5/c1-5-22(6-2)35-26-16-21(28(32)33)15-25(27(26)30-19(4)31)29-17-20-10-12-23(13-11-20)34-24-9-7-8-18(3)14-24/h7-14,16,22,25-27,29H,5-6,15,17H2,1-4H3,(H,30,31)(H,32,33)/t25-,26+,27+/m0/s1. The summed E-state index contributed by atoms with van der Waals surface area (Å²) in [6.45, 7) is 8.07. The SMILES string of the molecule is CCC(CC)O[C@@H]1C=C(C(=O)O)C[C@H](NCc2ccc(Oc3cccc(C)c3)cc2)[C@H]1NC(C)=O. The van der Waals surface area contributed by atoms with Crippen molar-refractivity contribution in [3.8, 4) is 11.5 Å². The van der Waals surface area contributed by atoms with E-state index in [2.05, 4.69) is 10.6 Å². The molecule has 35 heavy (non-hydrogen) atoms. The fraction of sp³-hybridized carbons (Fsp3) is 0.429. The van der Waals surface area contributed by atoms with Gasteiger partial charge in [-0.3, -0.25) is 4.79 Å². The number of hydrogen-bond acceptors (Lipinski definition) is 5. The largest absolute Gasteiger partial charge is 0.478 e. The van der Waals surface area contributed by atoms with Crippen LogP contribution in [0.2, 0.25) is 0 Å². The highest BCUT2D eigenvalue weighted by Crippen LogP contribution is 2.26. The van der Waals surface area contributed by atoms with Gasteiger partial charge >= 0.3 is 5.97 Å². The highest BCUT2D eigenvalue weighted by atomic mass is 16.5. The average Bonchev–Trinajstić information content (AvgIpc) is 2.82. The van der Waals surface area contributed by atoms with Gasteiger partial charge < -0.3 is 25.2 Å². The predicted octanol–water partition coefficient (Wildman–Crippen LogP) is 4.74. The van der Waals surface area contributed by atoms with E-state index in [0.29, 0.717) is 12.1 Å². The summed E-state index contributed by atoms with van der Waals surface area (Å²) in [4.78, 5) is 23.8. The Morgan fingerprint density at radius 1 is 1.09 bits per heavy atom. The second kappa shape index (κ2) is 12.5. The monoisotopic (exact) mass is 480 g/mol. The second-order valence-electron chi connectivity index (χ2n) is 9.02. The number of hydrogen-bond donors (Lipinski definition) is 3. The van der Waals surface area contributed by atoms with Crippen LogP contribution in [0.1, 0.15) is 51.2 Å². The van der Waals surface area contributed by atoms with Gasteiger partial charge in [0.1, 0.15) is 11.5 Å². The first-order valence-electron chi connectivity index (χ1n) is 12.2. The lowest BCUT2D eigenvalue weighted by molar-refractivity contribution is -0.133. The van der Waals surface area contributed by atoms with Crippen LogP contribution < -0.4 is 15.4 Å². The highest BCUT2D eigenvalue weighted by molar-refractivity contribution is 5.87. The molecule has 0 bridgehead atoms. The van der Waals surface area contributed by atoms with Gasteiger partial charge in [0, 0.05) is 25.1 Å². The molecule has 3 rings (SSSR count). The molecule has 0 saturated carbocycles. The van der Waals surface area contributed by atoms with Crippen molar-refractivity contribution in [1.82, 2.24) is 10.6 Å². The molecule has 3 atom stereocenters. The Kier molecular flexibility index (Phi) is 9.46. The molecule has 0 fully saturated rings. The molecule has 1 aliphatic carbocycles. The van der Waals surface area contributed by atoms with Gasteiger partial charge in [-0.05, 0) is 67.7 Å². The molecular weight excluding hydrogens is 444 g/mol. The minimum absolute atomic E-state index is 0.0118. The maximum Gasteiger partial charge on any atom is 0.331 e. The molecule has 0 radical (unpaired) electrons. The number of carboxylic acids is 1. The summed E-state index contributed by atoms with van der Waals surface area (Å²) in [5.74, 6) is 0.384. The van der Waals surface area contributed by atoms with Crippen LogP contribution in [0.3, 0.4) is 0 Å². The molecule has 3 N–H and O–H groups in total. The maximum absolute atomic E-state index is 12.0. The molecule has 7 heteroatoms. The molecule has 188 valence electrons. The molecule has 2 aromatic carbocycles. The predicted molar refractivity (Wildman–Crippen MR) is 136 cm³/mol. The first-order chi connectivity index (χ1) is 16.8. The molecule has 0 aliphatic heterocycles. The Bertz CT molecular complexity index is 1030. The number of ether oxygens (including phenoxy) is 2. The van der Waals surface area contributed by atoms with Crippen LogP contribution in [0.25, 0.3) is 0 Å². The number of aliphatic carboxylic acids is 1. The van der Waals surface area contributed by atoms with Crippen molar-refractivity contribution in [2.45, 2.75) is 77.8 Å². The molecular formula is C28H36N2O5. The fourth-order valence-corrected chi connectivity index (χ4v) is 4.30. The summed E-state index contributed by atoms with van der Waals surface area (Å²) >= 11 is 0. The zero-order valence-corrected chi connectivity index (χ0v) is 20.9. The van der Waals surface area contributed by atoms with E-state index in [9.17, 15) is 14.7 Å². The quantitative estimate of drug-likeness (QED) is 0.430. The Labute approximate surface area is 207 Å². The number of benzene rings is 2. The van der Waals surface area contributed by atoms with Crippen molar-refractivity contribution in [3.63, 3.8) is 0 Å². The van der Waals surface area contributed by atoms with E-state index in [1.54, 1.807) is 6.08 Å². The van der Waals surface area contributed by atoms with Gasteiger partial charge in [0.15, 0.2) is 0 Å². The molecule has 0 heterocycles. The zero-order valence-electron chi connectivity index (χ0n) is 20.9. The van der Waals surface area contributed by atoms with Crippen LogP contribution in [-0.4, -0.2) is 41.3 Å². The van der Waals surface area contributed by atoms with Crippen molar-refractivity contribution in [1.29, 1.82) is 0 Å². The van der Waals surface area contributed by atoms with E-state index in [-0.39, 0.29) is 30.5 Å². The summed E-state index contributed by atoms with van der Waals surface area (Å²) in [6, 6.07) is 15.0. The lowest BCUT2D eigenvalue weighted by atomic mass is 9.87. The van der Waals surface area contributed by atoms with Crippen molar-refractivity contribution in [2.75, 3.05) is 0 Å². The van der Waals surface area contributed by atoms with Crippen LogP contribution in [0.4, 0.5) is 0 Å². The molecule has 7 nitrogen and oxygen atoms in total. The first-order valence-corrected chi connectivity index (χ1v) is 12.2. The van der Waals surface area contributed by atoms with Gasteiger partial charge in [-0.25, -0.2) is 4.79 Å². The second-order valence-corrected chi connectivity index (χ2v) is 9.02. The topological polar surface area (TPSA) is 96.9 Å². The summed E-state index contributed by atoms with van der Waals surface area (Å²) in [6.07, 6.45) is 3.03. The van der Waals surface area contributed by atoms with Gasteiger partial charge in [0.05, 0.1) is 18.2 Å². The Morgan fingerprint density at radius 2 is 1.80 bits per heavy atom. The molecule has 0 aromatic heterocycles.